The third-order valence-corrected chi connectivity index (χ3v) is 4.93. The molecule has 1 aliphatic rings. The van der Waals surface area contributed by atoms with Gasteiger partial charge in [0, 0.05) is 25.4 Å². The van der Waals surface area contributed by atoms with Crippen molar-refractivity contribution in [3.8, 4) is 17.2 Å². The van der Waals surface area contributed by atoms with Crippen LogP contribution in [0.1, 0.15) is 16.1 Å². The van der Waals surface area contributed by atoms with Crippen LogP contribution >= 0.6 is 0 Å². The second kappa shape index (κ2) is 8.68. The van der Waals surface area contributed by atoms with Crippen LogP contribution in [0.25, 0.3) is 17.2 Å². The highest BCUT2D eigenvalue weighted by molar-refractivity contribution is 5.95. The fourth-order valence-corrected chi connectivity index (χ4v) is 3.33. The van der Waals surface area contributed by atoms with Crippen molar-refractivity contribution in [1.82, 2.24) is 24.6 Å². The summed E-state index contributed by atoms with van der Waals surface area (Å²) in [4.78, 5) is 23.2. The molecule has 4 rings (SSSR count). The zero-order valence-corrected chi connectivity index (χ0v) is 16.8. The first-order valence-electron chi connectivity index (χ1n) is 9.62. The monoisotopic (exact) mass is 411 g/mol. The van der Waals surface area contributed by atoms with Gasteiger partial charge in [-0.05, 0) is 25.1 Å². The number of halogens is 1. The van der Waals surface area contributed by atoms with E-state index in [0.29, 0.717) is 48.9 Å². The molecule has 3 aromatic rings. The Morgan fingerprint density at radius 2 is 2.13 bits per heavy atom. The molecular weight excluding hydrogens is 389 g/mol. The molecule has 2 aromatic heterocycles. The van der Waals surface area contributed by atoms with Crippen LogP contribution in [0.4, 0.5) is 4.39 Å². The number of nitrogens with zero attached hydrogens (tertiary/aromatic N) is 5. The van der Waals surface area contributed by atoms with Crippen LogP contribution in [-0.2, 0) is 9.47 Å². The Hall–Kier alpha value is -3.17. The number of amides is 1. The van der Waals surface area contributed by atoms with Crippen LogP contribution in [0.2, 0.25) is 0 Å². The van der Waals surface area contributed by atoms with Gasteiger partial charge < -0.3 is 14.4 Å². The van der Waals surface area contributed by atoms with Gasteiger partial charge in [-0.2, -0.15) is 5.10 Å². The van der Waals surface area contributed by atoms with E-state index in [-0.39, 0.29) is 23.8 Å². The van der Waals surface area contributed by atoms with Gasteiger partial charge in [-0.15, -0.1) is 0 Å². The lowest BCUT2D eigenvalue weighted by Crippen LogP contribution is -2.40. The molecule has 9 heteroatoms. The van der Waals surface area contributed by atoms with Gasteiger partial charge in [0.15, 0.2) is 0 Å². The van der Waals surface area contributed by atoms with Crippen molar-refractivity contribution in [2.45, 2.75) is 13.0 Å². The molecule has 0 saturated carbocycles. The zero-order valence-electron chi connectivity index (χ0n) is 16.8. The number of hydrogen-bond acceptors (Lipinski definition) is 6. The second-order valence-electron chi connectivity index (χ2n) is 7.03. The minimum atomic E-state index is -0.370. The summed E-state index contributed by atoms with van der Waals surface area (Å²) in [5.74, 6) is -0.289. The molecule has 1 saturated heterocycles. The number of rotatable bonds is 5. The highest BCUT2D eigenvalue weighted by atomic mass is 19.1. The van der Waals surface area contributed by atoms with Gasteiger partial charge >= 0.3 is 0 Å². The van der Waals surface area contributed by atoms with E-state index >= 15 is 0 Å². The van der Waals surface area contributed by atoms with Gasteiger partial charge in [0.05, 0.1) is 49.1 Å². The molecule has 1 fully saturated rings. The van der Waals surface area contributed by atoms with Crippen LogP contribution in [0, 0.1) is 12.7 Å². The largest absolute Gasteiger partial charge is 0.376 e. The maximum absolute atomic E-state index is 14.1. The molecule has 0 radical (unpaired) electrons. The fourth-order valence-electron chi connectivity index (χ4n) is 3.33. The first kappa shape index (κ1) is 20.1. The Morgan fingerprint density at radius 1 is 1.30 bits per heavy atom. The van der Waals surface area contributed by atoms with Crippen molar-refractivity contribution in [2.75, 3.05) is 33.4 Å². The van der Waals surface area contributed by atoms with Gasteiger partial charge in [0.2, 0.25) is 0 Å². The van der Waals surface area contributed by atoms with Crippen molar-refractivity contribution >= 4 is 5.91 Å². The maximum Gasteiger partial charge on any atom is 0.257 e. The number of likely N-dealkylation sites (N-methyl/N-ethyl adjacent to an activating group) is 1. The third-order valence-electron chi connectivity index (χ3n) is 4.93. The normalized spacial score (nSPS) is 16.4. The Labute approximate surface area is 173 Å². The molecule has 0 spiro atoms. The van der Waals surface area contributed by atoms with Crippen molar-refractivity contribution in [2.24, 2.45) is 0 Å². The summed E-state index contributed by atoms with van der Waals surface area (Å²) in [7, 11) is 1.71. The van der Waals surface area contributed by atoms with E-state index in [1.54, 1.807) is 49.3 Å². The Morgan fingerprint density at radius 3 is 2.90 bits per heavy atom. The number of carbonyl (C=O) groups is 1. The molecule has 1 amide bonds. The van der Waals surface area contributed by atoms with Gasteiger partial charge in [0.25, 0.3) is 11.9 Å². The molecule has 1 aliphatic heterocycles. The summed E-state index contributed by atoms with van der Waals surface area (Å²) < 4.78 is 26.6. The zero-order chi connectivity index (χ0) is 21.1. The van der Waals surface area contributed by atoms with Crippen LogP contribution in [0.3, 0.4) is 0 Å². The SMILES string of the molecule is Cc1c(C(=O)N(C)C[C@H]2COCCO2)cnn1-c1nccc(-c2ccccc2F)n1. The molecule has 30 heavy (non-hydrogen) atoms. The predicted molar refractivity (Wildman–Crippen MR) is 107 cm³/mol. The van der Waals surface area contributed by atoms with E-state index in [2.05, 4.69) is 15.1 Å². The minimum absolute atomic E-state index is 0.149. The molecule has 3 heterocycles. The van der Waals surface area contributed by atoms with Crippen molar-refractivity contribution in [1.29, 1.82) is 0 Å². The summed E-state index contributed by atoms with van der Waals surface area (Å²) in [5, 5.41) is 4.29. The standard InChI is InChI=1S/C21H22FN5O3/c1-14-17(20(28)26(2)12-15-13-29-9-10-30-15)11-24-27(14)21-23-8-7-19(25-21)16-5-3-4-6-18(16)22/h3-8,11,15H,9-10,12-13H2,1-2H3/t15-/m0/s1. The Balaban J connectivity index is 1.56. The van der Waals surface area contributed by atoms with Gasteiger partial charge in [0.1, 0.15) is 5.82 Å². The van der Waals surface area contributed by atoms with Crippen LogP contribution < -0.4 is 0 Å². The molecule has 0 unspecified atom stereocenters. The van der Waals surface area contributed by atoms with E-state index in [0.717, 1.165) is 0 Å². The number of benzene rings is 1. The summed E-state index contributed by atoms with van der Waals surface area (Å²) in [6.45, 7) is 3.76. The smallest absolute Gasteiger partial charge is 0.257 e. The van der Waals surface area contributed by atoms with E-state index in [1.165, 1.54) is 16.9 Å². The lowest BCUT2D eigenvalue weighted by Gasteiger charge is -2.27. The van der Waals surface area contributed by atoms with Crippen LogP contribution in [0.5, 0.6) is 0 Å². The van der Waals surface area contributed by atoms with E-state index < -0.39 is 0 Å². The number of carbonyl (C=O) groups excluding carboxylic acids is 1. The summed E-state index contributed by atoms with van der Waals surface area (Å²) in [6.07, 6.45) is 2.88. The van der Waals surface area contributed by atoms with Crippen molar-refractivity contribution in [3.63, 3.8) is 0 Å². The van der Waals surface area contributed by atoms with E-state index in [9.17, 15) is 9.18 Å². The number of hydrogen-bond donors (Lipinski definition) is 0. The fraction of sp³-hybridized carbons (Fsp3) is 0.333. The van der Waals surface area contributed by atoms with E-state index in [4.69, 9.17) is 9.47 Å². The highest BCUT2D eigenvalue weighted by Crippen LogP contribution is 2.21. The maximum atomic E-state index is 14.1. The number of aromatic nitrogens is 4. The summed E-state index contributed by atoms with van der Waals surface area (Å²) in [5.41, 5.74) is 1.84. The highest BCUT2D eigenvalue weighted by Gasteiger charge is 2.23. The lowest BCUT2D eigenvalue weighted by molar-refractivity contribution is -0.0933. The quantitative estimate of drug-likeness (QED) is 0.641. The lowest BCUT2D eigenvalue weighted by atomic mass is 10.1. The minimum Gasteiger partial charge on any atom is -0.376 e. The molecule has 0 bridgehead atoms. The first-order chi connectivity index (χ1) is 14.5. The van der Waals surface area contributed by atoms with Gasteiger partial charge in [-0.1, -0.05) is 12.1 Å². The second-order valence-corrected chi connectivity index (χ2v) is 7.03. The summed E-state index contributed by atoms with van der Waals surface area (Å²) in [6, 6.07) is 8.03. The Kier molecular flexibility index (Phi) is 5.82. The molecule has 0 aliphatic carbocycles. The summed E-state index contributed by atoms with van der Waals surface area (Å²) >= 11 is 0. The molecular formula is C21H22FN5O3. The predicted octanol–water partition coefficient (Wildman–Crippen LogP) is 2.26. The van der Waals surface area contributed by atoms with E-state index in [1.807, 2.05) is 0 Å². The van der Waals surface area contributed by atoms with Crippen molar-refractivity contribution < 1.29 is 18.7 Å². The third kappa shape index (κ3) is 4.07. The van der Waals surface area contributed by atoms with Crippen LogP contribution in [-0.4, -0.2) is 70.1 Å². The molecule has 1 atom stereocenters. The first-order valence-corrected chi connectivity index (χ1v) is 9.62. The van der Waals surface area contributed by atoms with Crippen LogP contribution in [0.15, 0.2) is 42.7 Å². The molecule has 0 N–H and O–H groups in total. The number of ether oxygens (including phenoxy) is 2. The molecule has 1 aromatic carbocycles. The Bertz CT molecular complexity index is 1050. The average Bonchev–Trinajstić information content (AvgIpc) is 3.15. The van der Waals surface area contributed by atoms with Crippen molar-refractivity contribution in [3.05, 3.63) is 59.8 Å². The molecule has 8 nitrogen and oxygen atoms in total. The topological polar surface area (TPSA) is 82.4 Å². The van der Waals surface area contributed by atoms with Gasteiger partial charge in [-0.3, -0.25) is 4.79 Å². The van der Waals surface area contributed by atoms with Gasteiger partial charge in [-0.25, -0.2) is 19.0 Å². The molecule has 156 valence electrons. The average molecular weight is 411 g/mol.